The number of hydrogen-bond acceptors (Lipinski definition) is 3. The quantitative estimate of drug-likeness (QED) is 0.698. The second-order valence-corrected chi connectivity index (χ2v) is 9.37. The number of rotatable bonds is 7. The zero-order valence-electron chi connectivity index (χ0n) is 15.4. The normalized spacial score (nSPS) is 13.4. The minimum atomic E-state index is -3.47. The molecule has 0 heterocycles. The number of nitrogens with zero attached hydrogens (tertiary/aromatic N) is 1. The predicted octanol–water partition coefficient (Wildman–Crippen LogP) is 4.04. The van der Waals surface area contributed by atoms with Crippen molar-refractivity contribution in [2.45, 2.75) is 44.0 Å². The number of benzene rings is 2. The molecule has 0 bridgehead atoms. The Bertz CT molecular complexity index is 940. The number of fused-ring (bicyclic) bond motifs is 1. The van der Waals surface area contributed by atoms with E-state index in [0.717, 1.165) is 30.4 Å². The molecule has 144 valence electrons. The average molecular weight is 406 g/mol. The molecule has 0 unspecified atom stereocenters. The van der Waals surface area contributed by atoms with E-state index in [1.807, 2.05) is 31.2 Å². The summed E-state index contributed by atoms with van der Waals surface area (Å²) in [6.45, 7) is 2.76. The Morgan fingerprint density at radius 3 is 2.59 bits per heavy atom. The van der Waals surface area contributed by atoms with E-state index >= 15 is 0 Å². The van der Waals surface area contributed by atoms with Gasteiger partial charge in [0.05, 0.1) is 10.6 Å². The van der Waals surface area contributed by atoms with Crippen LogP contribution < -0.4 is 0 Å². The first-order valence-corrected chi connectivity index (χ1v) is 11.3. The standard InChI is InChI=1S/C21H24ClNO3S/c1-2-23(15-18-6-3-4-9-20(18)22)21(24)12-13-27(25,26)19-11-10-16-7-5-8-17(16)14-19/h3-4,6,9-11,14H,2,5,7-8,12-13,15H2,1H3. The van der Waals surface area contributed by atoms with Crippen molar-refractivity contribution in [3.63, 3.8) is 0 Å². The summed E-state index contributed by atoms with van der Waals surface area (Å²) in [5, 5.41) is 0.606. The molecular formula is C21H24ClNO3S. The summed E-state index contributed by atoms with van der Waals surface area (Å²) in [7, 11) is -3.47. The van der Waals surface area contributed by atoms with Crippen molar-refractivity contribution in [2.24, 2.45) is 0 Å². The van der Waals surface area contributed by atoms with Crippen molar-refractivity contribution >= 4 is 27.3 Å². The first-order chi connectivity index (χ1) is 12.9. The SMILES string of the molecule is CCN(Cc1ccccc1Cl)C(=O)CCS(=O)(=O)c1ccc2c(c1)CCC2. The lowest BCUT2D eigenvalue weighted by Crippen LogP contribution is -2.31. The van der Waals surface area contributed by atoms with Crippen molar-refractivity contribution < 1.29 is 13.2 Å². The third-order valence-electron chi connectivity index (χ3n) is 5.07. The van der Waals surface area contributed by atoms with Gasteiger partial charge in [0.25, 0.3) is 0 Å². The zero-order chi connectivity index (χ0) is 19.4. The third-order valence-corrected chi connectivity index (χ3v) is 7.15. The van der Waals surface area contributed by atoms with Gasteiger partial charge in [-0.25, -0.2) is 8.42 Å². The Morgan fingerprint density at radius 1 is 1.11 bits per heavy atom. The lowest BCUT2D eigenvalue weighted by molar-refractivity contribution is -0.131. The Labute approximate surface area is 166 Å². The Kier molecular flexibility index (Phi) is 6.22. The van der Waals surface area contributed by atoms with Gasteiger partial charge in [-0.1, -0.05) is 35.9 Å². The molecule has 6 heteroatoms. The summed E-state index contributed by atoms with van der Waals surface area (Å²) in [6, 6.07) is 12.7. The molecule has 1 amide bonds. The van der Waals surface area contributed by atoms with Crippen molar-refractivity contribution in [3.05, 3.63) is 64.2 Å². The summed E-state index contributed by atoms with van der Waals surface area (Å²) in [4.78, 5) is 14.5. The largest absolute Gasteiger partial charge is 0.339 e. The monoisotopic (exact) mass is 405 g/mol. The van der Waals surface area contributed by atoms with Gasteiger partial charge in [-0.2, -0.15) is 0 Å². The topological polar surface area (TPSA) is 54.5 Å². The molecule has 1 aliphatic rings. The highest BCUT2D eigenvalue weighted by Crippen LogP contribution is 2.25. The van der Waals surface area contributed by atoms with Gasteiger partial charge in [-0.15, -0.1) is 0 Å². The van der Waals surface area contributed by atoms with E-state index in [2.05, 4.69) is 0 Å². The van der Waals surface area contributed by atoms with E-state index in [1.165, 1.54) is 5.56 Å². The van der Waals surface area contributed by atoms with Crippen LogP contribution in [0.5, 0.6) is 0 Å². The lowest BCUT2D eigenvalue weighted by atomic mass is 10.1. The molecule has 3 rings (SSSR count). The first-order valence-electron chi connectivity index (χ1n) is 9.26. The number of halogens is 1. The molecule has 2 aromatic carbocycles. The molecule has 1 aliphatic carbocycles. The molecule has 0 radical (unpaired) electrons. The van der Waals surface area contributed by atoms with Gasteiger partial charge in [0.15, 0.2) is 9.84 Å². The van der Waals surface area contributed by atoms with E-state index in [1.54, 1.807) is 23.1 Å². The molecule has 0 fully saturated rings. The third kappa shape index (κ3) is 4.71. The second kappa shape index (κ2) is 8.44. The van der Waals surface area contributed by atoms with Crippen LogP contribution >= 0.6 is 11.6 Å². The summed E-state index contributed by atoms with van der Waals surface area (Å²) in [5.74, 6) is -0.356. The van der Waals surface area contributed by atoms with Gasteiger partial charge in [0.2, 0.25) is 5.91 Å². The van der Waals surface area contributed by atoms with Gasteiger partial charge in [-0.05, 0) is 61.1 Å². The Morgan fingerprint density at radius 2 is 1.85 bits per heavy atom. The number of hydrogen-bond donors (Lipinski definition) is 0. The summed E-state index contributed by atoms with van der Waals surface area (Å²) in [5.41, 5.74) is 3.22. The van der Waals surface area contributed by atoms with E-state index in [0.29, 0.717) is 23.0 Å². The van der Waals surface area contributed by atoms with Gasteiger partial charge in [0.1, 0.15) is 0 Å². The summed E-state index contributed by atoms with van der Waals surface area (Å²) >= 11 is 6.17. The zero-order valence-corrected chi connectivity index (χ0v) is 17.0. The van der Waals surface area contributed by atoms with Crippen molar-refractivity contribution in [2.75, 3.05) is 12.3 Å². The molecule has 2 aromatic rings. The van der Waals surface area contributed by atoms with Crippen LogP contribution in [0, 0.1) is 0 Å². The maximum atomic E-state index is 12.7. The van der Waals surface area contributed by atoms with E-state index in [4.69, 9.17) is 11.6 Å². The van der Waals surface area contributed by atoms with Crippen LogP contribution in [-0.4, -0.2) is 31.5 Å². The Hall–Kier alpha value is -1.85. The van der Waals surface area contributed by atoms with E-state index in [-0.39, 0.29) is 18.1 Å². The fraction of sp³-hybridized carbons (Fsp3) is 0.381. The number of sulfone groups is 1. The minimum absolute atomic E-state index is 0.0300. The highest BCUT2D eigenvalue weighted by molar-refractivity contribution is 7.91. The highest BCUT2D eigenvalue weighted by atomic mass is 35.5. The maximum absolute atomic E-state index is 12.7. The molecule has 0 aromatic heterocycles. The predicted molar refractivity (Wildman–Crippen MR) is 108 cm³/mol. The lowest BCUT2D eigenvalue weighted by Gasteiger charge is -2.21. The maximum Gasteiger partial charge on any atom is 0.223 e. The molecule has 0 aliphatic heterocycles. The molecule has 27 heavy (non-hydrogen) atoms. The van der Waals surface area contributed by atoms with Crippen LogP contribution in [0.25, 0.3) is 0 Å². The first kappa shape index (κ1) is 19.9. The van der Waals surface area contributed by atoms with Crippen molar-refractivity contribution in [1.82, 2.24) is 4.90 Å². The molecule has 0 N–H and O–H groups in total. The number of amides is 1. The van der Waals surface area contributed by atoms with Crippen LogP contribution in [-0.2, 0) is 34.0 Å². The van der Waals surface area contributed by atoms with Crippen LogP contribution in [0.4, 0.5) is 0 Å². The molecule has 0 saturated carbocycles. The smallest absolute Gasteiger partial charge is 0.223 e. The van der Waals surface area contributed by atoms with Crippen LogP contribution in [0.2, 0.25) is 5.02 Å². The Balaban J connectivity index is 1.65. The number of aryl methyl sites for hydroxylation is 2. The number of carbonyl (C=O) groups is 1. The second-order valence-electron chi connectivity index (χ2n) is 6.85. The fourth-order valence-corrected chi connectivity index (χ4v) is 4.92. The van der Waals surface area contributed by atoms with Gasteiger partial charge in [0, 0.05) is 24.5 Å². The fourth-order valence-electron chi connectivity index (χ4n) is 3.45. The number of carbonyl (C=O) groups excluding carboxylic acids is 1. The van der Waals surface area contributed by atoms with Crippen LogP contribution in [0.15, 0.2) is 47.4 Å². The van der Waals surface area contributed by atoms with Crippen molar-refractivity contribution in [1.29, 1.82) is 0 Å². The molecule has 4 nitrogen and oxygen atoms in total. The van der Waals surface area contributed by atoms with E-state index in [9.17, 15) is 13.2 Å². The van der Waals surface area contributed by atoms with Crippen LogP contribution in [0.3, 0.4) is 0 Å². The van der Waals surface area contributed by atoms with Gasteiger partial charge >= 0.3 is 0 Å². The van der Waals surface area contributed by atoms with Crippen LogP contribution in [0.1, 0.15) is 36.5 Å². The minimum Gasteiger partial charge on any atom is -0.339 e. The highest BCUT2D eigenvalue weighted by Gasteiger charge is 2.21. The summed E-state index contributed by atoms with van der Waals surface area (Å²) < 4.78 is 25.3. The average Bonchev–Trinajstić information content (AvgIpc) is 3.13. The molecule has 0 spiro atoms. The van der Waals surface area contributed by atoms with Gasteiger partial charge < -0.3 is 4.90 Å². The van der Waals surface area contributed by atoms with Gasteiger partial charge in [-0.3, -0.25) is 4.79 Å². The summed E-state index contributed by atoms with van der Waals surface area (Å²) in [6.07, 6.45) is 2.99. The van der Waals surface area contributed by atoms with Crippen molar-refractivity contribution in [3.8, 4) is 0 Å². The molecular weight excluding hydrogens is 382 g/mol. The molecule has 0 saturated heterocycles. The van der Waals surface area contributed by atoms with E-state index < -0.39 is 9.84 Å². The molecule has 0 atom stereocenters.